The van der Waals surface area contributed by atoms with Crippen LogP contribution in [0.25, 0.3) is 33.7 Å². The van der Waals surface area contributed by atoms with Crippen molar-refractivity contribution in [3.05, 3.63) is 58.8 Å². The standard InChI is InChI=1S/C22H18N4O3/c1-12-7-14(4-6-19(27)28)3-5-18(12)21-25-22(29-26-21)16-9-15-8-13(2)24-20(15)17(10-16)11-23/h3,5,7-10,24H,4,6H2,1-2H3,(H,27,28). The summed E-state index contributed by atoms with van der Waals surface area (Å²) in [5.74, 6) is -0.0291. The molecule has 7 nitrogen and oxygen atoms in total. The van der Waals surface area contributed by atoms with Crippen LogP contribution in [0.1, 0.15) is 28.8 Å². The number of aromatic nitrogens is 3. The lowest BCUT2D eigenvalue weighted by Gasteiger charge is -2.04. The Kier molecular flexibility index (Phi) is 4.61. The number of aliphatic carboxylic acids is 1. The molecule has 0 bridgehead atoms. The van der Waals surface area contributed by atoms with Gasteiger partial charge in [0.25, 0.3) is 5.89 Å². The molecule has 0 fully saturated rings. The molecule has 0 saturated carbocycles. The third-order valence-electron chi connectivity index (χ3n) is 4.82. The largest absolute Gasteiger partial charge is 0.481 e. The summed E-state index contributed by atoms with van der Waals surface area (Å²) in [6.07, 6.45) is 0.564. The third kappa shape index (κ3) is 3.60. The molecule has 2 aromatic carbocycles. The van der Waals surface area contributed by atoms with Crippen molar-refractivity contribution in [2.75, 3.05) is 0 Å². The van der Waals surface area contributed by atoms with Crippen molar-refractivity contribution in [1.82, 2.24) is 15.1 Å². The minimum absolute atomic E-state index is 0.0908. The van der Waals surface area contributed by atoms with Crippen LogP contribution in [0.3, 0.4) is 0 Å². The van der Waals surface area contributed by atoms with Gasteiger partial charge in [-0.2, -0.15) is 10.2 Å². The van der Waals surface area contributed by atoms with E-state index in [1.165, 1.54) is 0 Å². The zero-order valence-electron chi connectivity index (χ0n) is 16.0. The molecule has 4 rings (SSSR count). The smallest absolute Gasteiger partial charge is 0.303 e. The average molecular weight is 386 g/mol. The predicted molar refractivity (Wildman–Crippen MR) is 107 cm³/mol. The van der Waals surface area contributed by atoms with Gasteiger partial charge >= 0.3 is 5.97 Å². The lowest BCUT2D eigenvalue weighted by molar-refractivity contribution is -0.136. The number of benzene rings is 2. The van der Waals surface area contributed by atoms with E-state index in [1.807, 2.05) is 44.2 Å². The van der Waals surface area contributed by atoms with Gasteiger partial charge in [0.1, 0.15) is 6.07 Å². The van der Waals surface area contributed by atoms with E-state index in [9.17, 15) is 10.1 Å². The average Bonchev–Trinajstić information content (AvgIpc) is 3.31. The number of carboxylic acid groups (broad SMARTS) is 1. The van der Waals surface area contributed by atoms with Crippen molar-refractivity contribution in [2.24, 2.45) is 0 Å². The van der Waals surface area contributed by atoms with Crippen LogP contribution < -0.4 is 0 Å². The maximum Gasteiger partial charge on any atom is 0.303 e. The fourth-order valence-corrected chi connectivity index (χ4v) is 3.43. The van der Waals surface area contributed by atoms with E-state index >= 15 is 0 Å². The monoisotopic (exact) mass is 386 g/mol. The molecule has 2 aromatic heterocycles. The Morgan fingerprint density at radius 3 is 2.79 bits per heavy atom. The van der Waals surface area contributed by atoms with Crippen molar-refractivity contribution in [3.8, 4) is 28.9 Å². The fraction of sp³-hybridized carbons (Fsp3) is 0.182. The Morgan fingerprint density at radius 1 is 1.24 bits per heavy atom. The van der Waals surface area contributed by atoms with Gasteiger partial charge in [0, 0.05) is 28.6 Å². The Morgan fingerprint density at radius 2 is 2.07 bits per heavy atom. The molecule has 0 saturated heterocycles. The summed E-state index contributed by atoms with van der Waals surface area (Å²) < 4.78 is 5.47. The summed E-state index contributed by atoms with van der Waals surface area (Å²) in [7, 11) is 0. The Hall–Kier alpha value is -3.92. The first-order valence-electron chi connectivity index (χ1n) is 9.14. The van der Waals surface area contributed by atoms with Gasteiger partial charge in [0.05, 0.1) is 11.1 Å². The molecule has 0 spiro atoms. The van der Waals surface area contributed by atoms with E-state index in [-0.39, 0.29) is 6.42 Å². The second-order valence-corrected chi connectivity index (χ2v) is 7.02. The zero-order valence-corrected chi connectivity index (χ0v) is 16.0. The second kappa shape index (κ2) is 7.24. The van der Waals surface area contributed by atoms with E-state index in [0.29, 0.717) is 29.3 Å². The maximum atomic E-state index is 10.8. The van der Waals surface area contributed by atoms with Crippen LogP contribution >= 0.6 is 0 Å². The van der Waals surface area contributed by atoms with Crippen molar-refractivity contribution in [3.63, 3.8) is 0 Å². The summed E-state index contributed by atoms with van der Waals surface area (Å²) in [4.78, 5) is 18.5. The summed E-state index contributed by atoms with van der Waals surface area (Å²) in [5.41, 5.74) is 5.67. The first kappa shape index (κ1) is 18.4. The number of nitriles is 1. The molecule has 144 valence electrons. The molecule has 0 unspecified atom stereocenters. The Bertz CT molecular complexity index is 1280. The summed E-state index contributed by atoms with van der Waals surface area (Å²) in [6.45, 7) is 3.87. The lowest BCUT2D eigenvalue weighted by atomic mass is 10.0. The van der Waals surface area contributed by atoms with Gasteiger partial charge in [-0.15, -0.1) is 0 Å². The number of nitrogens with one attached hydrogen (secondary N) is 1. The molecule has 0 aliphatic heterocycles. The number of fused-ring (bicyclic) bond motifs is 1. The number of nitrogens with zero attached hydrogens (tertiary/aromatic N) is 3. The molecule has 2 N–H and O–H groups in total. The van der Waals surface area contributed by atoms with Gasteiger partial charge in [0.2, 0.25) is 5.82 Å². The number of aromatic amines is 1. The molecule has 0 aliphatic carbocycles. The zero-order chi connectivity index (χ0) is 20.5. The van der Waals surface area contributed by atoms with Gasteiger partial charge in [-0.3, -0.25) is 4.79 Å². The fourth-order valence-electron chi connectivity index (χ4n) is 3.43. The van der Waals surface area contributed by atoms with Gasteiger partial charge in [-0.1, -0.05) is 23.4 Å². The van der Waals surface area contributed by atoms with Crippen LogP contribution in [0, 0.1) is 25.2 Å². The van der Waals surface area contributed by atoms with Gasteiger partial charge in [-0.25, -0.2) is 0 Å². The van der Waals surface area contributed by atoms with Crippen molar-refractivity contribution in [2.45, 2.75) is 26.7 Å². The van der Waals surface area contributed by atoms with Crippen molar-refractivity contribution >= 4 is 16.9 Å². The number of carbonyl (C=O) groups is 1. The SMILES string of the molecule is Cc1cc2cc(-c3nc(-c4ccc(CCC(=O)O)cc4C)no3)cc(C#N)c2[nH]1. The van der Waals surface area contributed by atoms with E-state index in [2.05, 4.69) is 21.2 Å². The number of hydrogen-bond donors (Lipinski definition) is 2. The molecular weight excluding hydrogens is 368 g/mol. The summed E-state index contributed by atoms with van der Waals surface area (Å²) in [5, 5.41) is 23.3. The first-order valence-corrected chi connectivity index (χ1v) is 9.14. The molecule has 0 amide bonds. The Labute approximate surface area is 166 Å². The number of carboxylic acids is 1. The molecule has 4 aromatic rings. The first-order chi connectivity index (χ1) is 13.9. The molecule has 29 heavy (non-hydrogen) atoms. The van der Waals surface area contributed by atoms with Gasteiger partial charge < -0.3 is 14.6 Å². The van der Waals surface area contributed by atoms with Crippen LogP contribution in [-0.4, -0.2) is 26.2 Å². The highest BCUT2D eigenvalue weighted by atomic mass is 16.5. The quantitative estimate of drug-likeness (QED) is 0.525. The Balaban J connectivity index is 1.68. The second-order valence-electron chi connectivity index (χ2n) is 7.02. The predicted octanol–water partition coefficient (Wildman–Crippen LogP) is 4.39. The van der Waals surface area contributed by atoms with E-state index in [0.717, 1.165) is 33.3 Å². The number of hydrogen-bond acceptors (Lipinski definition) is 5. The van der Waals surface area contributed by atoms with E-state index in [1.54, 1.807) is 6.07 Å². The minimum atomic E-state index is -0.819. The summed E-state index contributed by atoms with van der Waals surface area (Å²) >= 11 is 0. The molecule has 0 aliphatic rings. The molecule has 0 atom stereocenters. The highest BCUT2D eigenvalue weighted by Crippen LogP contribution is 2.29. The van der Waals surface area contributed by atoms with Gasteiger partial charge in [-0.05, 0) is 49.6 Å². The van der Waals surface area contributed by atoms with Crippen LogP contribution in [0.2, 0.25) is 0 Å². The third-order valence-corrected chi connectivity index (χ3v) is 4.82. The topological polar surface area (TPSA) is 116 Å². The summed E-state index contributed by atoms with van der Waals surface area (Å²) in [6, 6.07) is 13.5. The highest BCUT2D eigenvalue weighted by molar-refractivity contribution is 5.89. The molecule has 7 heteroatoms. The number of aryl methyl sites for hydroxylation is 3. The highest BCUT2D eigenvalue weighted by Gasteiger charge is 2.15. The van der Waals surface area contributed by atoms with Crippen LogP contribution in [0.4, 0.5) is 0 Å². The van der Waals surface area contributed by atoms with E-state index < -0.39 is 5.97 Å². The number of H-pyrrole nitrogens is 1. The van der Waals surface area contributed by atoms with Crippen LogP contribution in [0.5, 0.6) is 0 Å². The normalized spacial score (nSPS) is 10.9. The van der Waals surface area contributed by atoms with Crippen molar-refractivity contribution in [1.29, 1.82) is 5.26 Å². The van der Waals surface area contributed by atoms with Gasteiger partial charge in [0.15, 0.2) is 0 Å². The minimum Gasteiger partial charge on any atom is -0.481 e. The van der Waals surface area contributed by atoms with Crippen molar-refractivity contribution < 1.29 is 14.4 Å². The molecule has 2 heterocycles. The van der Waals surface area contributed by atoms with Crippen LogP contribution in [0.15, 0.2) is 40.9 Å². The number of rotatable bonds is 5. The molecular formula is C22H18N4O3. The maximum absolute atomic E-state index is 10.8. The lowest BCUT2D eigenvalue weighted by Crippen LogP contribution is -1.98. The van der Waals surface area contributed by atoms with E-state index in [4.69, 9.17) is 9.63 Å². The molecule has 0 radical (unpaired) electrons. The van der Waals surface area contributed by atoms with Crippen LogP contribution in [-0.2, 0) is 11.2 Å².